The first-order chi connectivity index (χ1) is 11.6. The molecule has 0 aromatic carbocycles. The Morgan fingerprint density at radius 1 is 1.33 bits per heavy atom. The molecule has 1 atom stereocenters. The summed E-state index contributed by atoms with van der Waals surface area (Å²) < 4.78 is 1.82. The molecule has 1 N–H and O–H groups in total. The van der Waals surface area contributed by atoms with E-state index in [1.165, 1.54) is 24.2 Å². The van der Waals surface area contributed by atoms with Crippen LogP contribution in [0.1, 0.15) is 60.1 Å². The number of carbonyl (C=O) groups is 1. The summed E-state index contributed by atoms with van der Waals surface area (Å²) in [6, 6.07) is 0.202. The fourth-order valence-corrected chi connectivity index (χ4v) is 4.71. The molecule has 1 saturated carbocycles. The van der Waals surface area contributed by atoms with Crippen molar-refractivity contribution >= 4 is 27.5 Å². The van der Waals surface area contributed by atoms with Crippen molar-refractivity contribution in [1.29, 1.82) is 0 Å². The summed E-state index contributed by atoms with van der Waals surface area (Å²) in [6.07, 6.45) is 6.49. The van der Waals surface area contributed by atoms with Crippen molar-refractivity contribution in [2.45, 2.75) is 65.0 Å². The maximum Gasteiger partial charge on any atom is 0.262 e. The predicted octanol–water partition coefficient (Wildman–Crippen LogP) is 3.02. The van der Waals surface area contributed by atoms with Crippen LogP contribution in [0.5, 0.6) is 0 Å². The molecule has 2 aromatic rings. The lowest BCUT2D eigenvalue weighted by molar-refractivity contribution is 0.0939. The molecule has 5 nitrogen and oxygen atoms in total. The van der Waals surface area contributed by atoms with Crippen LogP contribution in [0.15, 0.2) is 4.79 Å². The fraction of sp³-hybridized carbons (Fsp3) is 0.611. The zero-order chi connectivity index (χ0) is 16.8. The van der Waals surface area contributed by atoms with Crippen molar-refractivity contribution in [1.82, 2.24) is 14.9 Å². The molecule has 1 aliphatic carbocycles. The zero-order valence-corrected chi connectivity index (χ0v) is 15.0. The molecule has 1 unspecified atom stereocenters. The van der Waals surface area contributed by atoms with Gasteiger partial charge in [-0.1, -0.05) is 6.42 Å². The molecule has 0 spiro atoms. The Bertz CT molecular complexity index is 863. The number of thiophene rings is 1. The second-order valence-corrected chi connectivity index (χ2v) is 8.13. The minimum atomic E-state index is -0.0607. The number of aromatic nitrogens is 2. The van der Waals surface area contributed by atoms with Gasteiger partial charge in [-0.3, -0.25) is 14.2 Å². The third-order valence-electron chi connectivity index (χ3n) is 5.31. The summed E-state index contributed by atoms with van der Waals surface area (Å²) in [5, 5.41) is 3.73. The lowest BCUT2D eigenvalue weighted by Gasteiger charge is -2.12. The minimum absolute atomic E-state index is 0.0277. The normalized spacial score (nSPS) is 18.9. The first-order valence-corrected chi connectivity index (χ1v) is 9.71. The van der Waals surface area contributed by atoms with Gasteiger partial charge in [0.15, 0.2) is 0 Å². The molecule has 1 fully saturated rings. The van der Waals surface area contributed by atoms with E-state index in [4.69, 9.17) is 4.98 Å². The molecule has 1 amide bonds. The Morgan fingerprint density at radius 2 is 2.12 bits per heavy atom. The molecule has 4 rings (SSSR count). The van der Waals surface area contributed by atoms with Crippen molar-refractivity contribution in [2.75, 3.05) is 0 Å². The van der Waals surface area contributed by atoms with Gasteiger partial charge < -0.3 is 5.32 Å². The number of nitrogens with zero attached hydrogens (tertiary/aromatic N) is 2. The molecule has 3 heterocycles. The standard InChI is InChI=1S/C18H23N3O2S/c1-10-14-17(20-13-6-4-3-5-9-21(13)18(14)23)24-15(10)16(22)19-11(2)12-7-8-12/h11-12H,3-9H2,1-2H3,(H,19,22). The van der Waals surface area contributed by atoms with Gasteiger partial charge in [0, 0.05) is 19.0 Å². The monoisotopic (exact) mass is 345 g/mol. The molecule has 0 saturated heterocycles. The Morgan fingerprint density at radius 3 is 2.88 bits per heavy atom. The Kier molecular flexibility index (Phi) is 3.95. The second kappa shape index (κ2) is 5.99. The Labute approximate surface area is 145 Å². The predicted molar refractivity (Wildman–Crippen MR) is 95.8 cm³/mol. The lowest BCUT2D eigenvalue weighted by Crippen LogP contribution is -2.33. The van der Waals surface area contributed by atoms with Gasteiger partial charge in [0.05, 0.1) is 10.3 Å². The van der Waals surface area contributed by atoms with Gasteiger partial charge in [0.1, 0.15) is 10.7 Å². The van der Waals surface area contributed by atoms with Crippen LogP contribution in [0.4, 0.5) is 0 Å². The molecule has 2 aliphatic rings. The highest BCUT2D eigenvalue weighted by molar-refractivity contribution is 7.20. The SMILES string of the molecule is Cc1c(C(=O)NC(C)C2CC2)sc2nc3n(c(=O)c12)CCCCC3. The number of carbonyl (C=O) groups excluding carboxylic acids is 1. The van der Waals surface area contributed by atoms with Crippen LogP contribution < -0.4 is 10.9 Å². The van der Waals surface area contributed by atoms with E-state index in [0.717, 1.165) is 48.4 Å². The number of fused-ring (bicyclic) bond motifs is 2. The van der Waals surface area contributed by atoms with Crippen LogP contribution in [-0.4, -0.2) is 21.5 Å². The van der Waals surface area contributed by atoms with Gasteiger partial charge in [-0.15, -0.1) is 11.3 Å². The summed E-state index contributed by atoms with van der Waals surface area (Å²) in [5.74, 6) is 1.43. The molecular formula is C18H23N3O2S. The first-order valence-electron chi connectivity index (χ1n) is 8.90. The molecule has 0 bridgehead atoms. The summed E-state index contributed by atoms with van der Waals surface area (Å²) in [5.41, 5.74) is 0.812. The molecule has 24 heavy (non-hydrogen) atoms. The van der Waals surface area contributed by atoms with Gasteiger partial charge in [-0.25, -0.2) is 4.98 Å². The van der Waals surface area contributed by atoms with Gasteiger partial charge in [-0.05, 0) is 51.0 Å². The molecule has 6 heteroatoms. The number of hydrogen-bond acceptors (Lipinski definition) is 4. The second-order valence-electron chi connectivity index (χ2n) is 7.13. The van der Waals surface area contributed by atoms with E-state index in [1.807, 2.05) is 11.5 Å². The van der Waals surface area contributed by atoms with E-state index in [2.05, 4.69) is 12.2 Å². The van der Waals surface area contributed by atoms with Crippen LogP contribution in [0.25, 0.3) is 10.2 Å². The molecular weight excluding hydrogens is 322 g/mol. The van der Waals surface area contributed by atoms with Crippen molar-refractivity contribution in [2.24, 2.45) is 5.92 Å². The summed E-state index contributed by atoms with van der Waals surface area (Å²) >= 11 is 1.36. The van der Waals surface area contributed by atoms with Gasteiger partial charge in [-0.2, -0.15) is 0 Å². The van der Waals surface area contributed by atoms with Crippen molar-refractivity contribution in [3.63, 3.8) is 0 Å². The Balaban J connectivity index is 1.75. The smallest absolute Gasteiger partial charge is 0.262 e. The van der Waals surface area contributed by atoms with Crippen molar-refractivity contribution in [3.8, 4) is 0 Å². The van der Waals surface area contributed by atoms with Crippen LogP contribution >= 0.6 is 11.3 Å². The third kappa shape index (κ3) is 2.66. The molecule has 1 aliphatic heterocycles. The van der Waals surface area contributed by atoms with Crippen LogP contribution in [0.3, 0.4) is 0 Å². The summed E-state index contributed by atoms with van der Waals surface area (Å²) in [6.45, 7) is 4.68. The topological polar surface area (TPSA) is 64.0 Å². The molecule has 128 valence electrons. The highest BCUT2D eigenvalue weighted by Gasteiger charge is 2.30. The molecule has 2 aromatic heterocycles. The van der Waals surface area contributed by atoms with Crippen LogP contribution in [0, 0.1) is 12.8 Å². The highest BCUT2D eigenvalue weighted by atomic mass is 32.1. The number of amides is 1. The lowest BCUT2D eigenvalue weighted by atomic mass is 10.1. The molecule has 0 radical (unpaired) electrons. The van der Waals surface area contributed by atoms with E-state index in [-0.39, 0.29) is 17.5 Å². The highest BCUT2D eigenvalue weighted by Crippen LogP contribution is 2.33. The average Bonchev–Trinajstić information content (AvgIpc) is 3.35. The van der Waals surface area contributed by atoms with E-state index in [9.17, 15) is 9.59 Å². The first kappa shape index (κ1) is 15.8. The van der Waals surface area contributed by atoms with Gasteiger partial charge >= 0.3 is 0 Å². The third-order valence-corrected chi connectivity index (χ3v) is 6.49. The number of hydrogen-bond donors (Lipinski definition) is 1. The maximum atomic E-state index is 12.9. The largest absolute Gasteiger partial charge is 0.349 e. The Hall–Kier alpha value is -1.69. The number of aryl methyl sites for hydroxylation is 2. The fourth-order valence-electron chi connectivity index (χ4n) is 3.61. The van der Waals surface area contributed by atoms with E-state index in [0.29, 0.717) is 16.2 Å². The quantitative estimate of drug-likeness (QED) is 0.930. The van der Waals surface area contributed by atoms with Crippen LogP contribution in [0.2, 0.25) is 0 Å². The summed E-state index contributed by atoms with van der Waals surface area (Å²) in [4.78, 5) is 31.6. The summed E-state index contributed by atoms with van der Waals surface area (Å²) in [7, 11) is 0. The number of nitrogens with one attached hydrogen (secondary N) is 1. The maximum absolute atomic E-state index is 12.9. The van der Waals surface area contributed by atoms with Crippen LogP contribution in [-0.2, 0) is 13.0 Å². The number of rotatable bonds is 3. The van der Waals surface area contributed by atoms with Gasteiger partial charge in [0.2, 0.25) is 0 Å². The van der Waals surface area contributed by atoms with Crippen molar-refractivity contribution < 1.29 is 4.79 Å². The van der Waals surface area contributed by atoms with Gasteiger partial charge in [0.25, 0.3) is 11.5 Å². The van der Waals surface area contributed by atoms with E-state index in [1.54, 1.807) is 0 Å². The van der Waals surface area contributed by atoms with E-state index >= 15 is 0 Å². The van der Waals surface area contributed by atoms with Crippen molar-refractivity contribution in [3.05, 3.63) is 26.6 Å². The van der Waals surface area contributed by atoms with E-state index < -0.39 is 0 Å². The zero-order valence-electron chi connectivity index (χ0n) is 14.2. The average molecular weight is 345 g/mol. The minimum Gasteiger partial charge on any atom is -0.349 e.